The first-order valence-corrected chi connectivity index (χ1v) is 5.79. The molecule has 1 aromatic rings. The molecule has 0 fully saturated rings. The predicted molar refractivity (Wildman–Crippen MR) is 70.2 cm³/mol. The number of benzene rings is 1. The molecule has 0 radical (unpaired) electrons. The van der Waals surface area contributed by atoms with Crippen molar-refractivity contribution in [2.75, 3.05) is 6.61 Å². The Morgan fingerprint density at radius 1 is 1.37 bits per heavy atom. The standard InChI is InChI=1S/C12H16F2N4O/c1-2-3-6-19-10-5-4-9(13)8(11(10)14)7-17-18-12(15)16/h4-5,7H,2-3,6H2,1H3,(H4,15,16,18). The maximum atomic E-state index is 13.9. The van der Waals surface area contributed by atoms with Crippen LogP contribution in [0.2, 0.25) is 0 Å². The Hall–Kier alpha value is -2.18. The number of halogens is 2. The summed E-state index contributed by atoms with van der Waals surface area (Å²) >= 11 is 0. The van der Waals surface area contributed by atoms with E-state index in [-0.39, 0.29) is 17.3 Å². The van der Waals surface area contributed by atoms with Gasteiger partial charge in [-0.2, -0.15) is 5.10 Å². The number of ether oxygens (including phenoxy) is 1. The minimum atomic E-state index is -0.828. The second-order valence-electron chi connectivity index (χ2n) is 3.74. The fourth-order valence-corrected chi connectivity index (χ4v) is 1.26. The highest BCUT2D eigenvalue weighted by atomic mass is 19.1. The van der Waals surface area contributed by atoms with Crippen molar-refractivity contribution in [2.24, 2.45) is 21.7 Å². The monoisotopic (exact) mass is 270 g/mol. The van der Waals surface area contributed by atoms with E-state index in [2.05, 4.69) is 10.2 Å². The highest BCUT2D eigenvalue weighted by molar-refractivity contribution is 5.82. The summed E-state index contributed by atoms with van der Waals surface area (Å²) < 4.78 is 32.6. The van der Waals surface area contributed by atoms with Gasteiger partial charge >= 0.3 is 0 Å². The Bertz CT molecular complexity index is 485. The number of unbranched alkanes of at least 4 members (excludes halogenated alkanes) is 1. The van der Waals surface area contributed by atoms with Crippen LogP contribution in [0.1, 0.15) is 25.3 Å². The zero-order valence-electron chi connectivity index (χ0n) is 10.6. The molecule has 0 spiro atoms. The van der Waals surface area contributed by atoms with Crippen LogP contribution in [0.5, 0.6) is 5.75 Å². The smallest absolute Gasteiger partial charge is 0.211 e. The average molecular weight is 270 g/mol. The van der Waals surface area contributed by atoms with Crippen LogP contribution in [-0.2, 0) is 0 Å². The highest BCUT2D eigenvalue weighted by Crippen LogP contribution is 2.22. The fraction of sp³-hybridized carbons (Fsp3) is 0.333. The molecule has 19 heavy (non-hydrogen) atoms. The number of hydrogen-bond acceptors (Lipinski definition) is 3. The normalized spacial score (nSPS) is 10.7. The van der Waals surface area contributed by atoms with Crippen molar-refractivity contribution in [1.82, 2.24) is 0 Å². The van der Waals surface area contributed by atoms with Gasteiger partial charge in [-0.05, 0) is 18.6 Å². The molecule has 0 unspecified atom stereocenters. The Balaban J connectivity index is 2.93. The first-order valence-electron chi connectivity index (χ1n) is 5.79. The van der Waals surface area contributed by atoms with Gasteiger partial charge in [-0.25, -0.2) is 8.78 Å². The predicted octanol–water partition coefficient (Wildman–Crippen LogP) is 1.75. The van der Waals surface area contributed by atoms with Crippen LogP contribution in [0.4, 0.5) is 8.78 Å². The van der Waals surface area contributed by atoms with E-state index < -0.39 is 11.6 Å². The molecule has 0 aliphatic carbocycles. The summed E-state index contributed by atoms with van der Waals surface area (Å²) in [4.78, 5) is 0. The van der Waals surface area contributed by atoms with Crippen molar-refractivity contribution >= 4 is 12.2 Å². The fourth-order valence-electron chi connectivity index (χ4n) is 1.26. The van der Waals surface area contributed by atoms with E-state index in [4.69, 9.17) is 16.2 Å². The highest BCUT2D eigenvalue weighted by Gasteiger charge is 2.13. The Morgan fingerprint density at radius 2 is 2.11 bits per heavy atom. The lowest BCUT2D eigenvalue weighted by atomic mass is 10.2. The van der Waals surface area contributed by atoms with E-state index in [0.717, 1.165) is 25.1 Å². The van der Waals surface area contributed by atoms with E-state index in [1.807, 2.05) is 6.92 Å². The van der Waals surface area contributed by atoms with Crippen LogP contribution < -0.4 is 16.2 Å². The minimum absolute atomic E-state index is 0.0269. The molecule has 0 saturated carbocycles. The Labute approximate surface area is 110 Å². The lowest BCUT2D eigenvalue weighted by Crippen LogP contribution is -2.21. The molecular formula is C12H16F2N4O. The Kier molecular flexibility index (Phi) is 5.72. The molecule has 1 rings (SSSR count). The summed E-state index contributed by atoms with van der Waals surface area (Å²) in [5.41, 5.74) is 9.74. The minimum Gasteiger partial charge on any atom is -0.490 e. The van der Waals surface area contributed by atoms with Crippen molar-refractivity contribution < 1.29 is 13.5 Å². The van der Waals surface area contributed by atoms with Gasteiger partial charge in [0.25, 0.3) is 0 Å². The lowest BCUT2D eigenvalue weighted by molar-refractivity contribution is 0.293. The Morgan fingerprint density at radius 3 is 2.74 bits per heavy atom. The van der Waals surface area contributed by atoms with Crippen LogP contribution in [0, 0.1) is 11.6 Å². The molecule has 0 aliphatic rings. The van der Waals surface area contributed by atoms with Gasteiger partial charge in [-0.15, -0.1) is 5.10 Å². The van der Waals surface area contributed by atoms with Crippen LogP contribution in [0.25, 0.3) is 0 Å². The van der Waals surface area contributed by atoms with E-state index in [1.165, 1.54) is 6.07 Å². The third kappa shape index (κ3) is 4.53. The molecule has 5 nitrogen and oxygen atoms in total. The van der Waals surface area contributed by atoms with Gasteiger partial charge in [0.15, 0.2) is 11.6 Å². The molecule has 1 aromatic carbocycles. The molecule has 7 heteroatoms. The largest absolute Gasteiger partial charge is 0.490 e. The van der Waals surface area contributed by atoms with E-state index in [0.29, 0.717) is 6.61 Å². The van der Waals surface area contributed by atoms with E-state index >= 15 is 0 Å². The quantitative estimate of drug-likeness (QED) is 0.357. The van der Waals surface area contributed by atoms with Crippen molar-refractivity contribution in [2.45, 2.75) is 19.8 Å². The van der Waals surface area contributed by atoms with Crippen LogP contribution in [0.3, 0.4) is 0 Å². The second-order valence-corrected chi connectivity index (χ2v) is 3.74. The first kappa shape index (κ1) is 14.9. The molecule has 0 atom stereocenters. The number of nitrogens with two attached hydrogens (primary N) is 2. The summed E-state index contributed by atoms with van der Waals surface area (Å²) in [6, 6.07) is 2.33. The molecule has 0 amide bonds. The van der Waals surface area contributed by atoms with Crippen LogP contribution in [0.15, 0.2) is 22.3 Å². The van der Waals surface area contributed by atoms with Gasteiger partial charge in [-0.3, -0.25) is 0 Å². The van der Waals surface area contributed by atoms with Crippen LogP contribution in [-0.4, -0.2) is 18.8 Å². The zero-order valence-corrected chi connectivity index (χ0v) is 10.6. The van der Waals surface area contributed by atoms with Gasteiger partial charge in [0.05, 0.1) is 18.4 Å². The third-order valence-corrected chi connectivity index (χ3v) is 2.21. The van der Waals surface area contributed by atoms with Gasteiger partial charge in [0, 0.05) is 0 Å². The number of guanidine groups is 1. The number of hydrogen-bond donors (Lipinski definition) is 2. The first-order chi connectivity index (χ1) is 9.06. The summed E-state index contributed by atoms with van der Waals surface area (Å²) in [6.45, 7) is 2.35. The van der Waals surface area contributed by atoms with Crippen molar-refractivity contribution in [3.8, 4) is 5.75 Å². The van der Waals surface area contributed by atoms with Crippen molar-refractivity contribution in [3.05, 3.63) is 29.3 Å². The topological polar surface area (TPSA) is 86.0 Å². The summed E-state index contributed by atoms with van der Waals surface area (Å²) in [5, 5.41) is 6.65. The molecule has 4 N–H and O–H groups in total. The molecule has 0 heterocycles. The number of nitrogens with zero attached hydrogens (tertiary/aromatic N) is 2. The molecule has 0 saturated heterocycles. The maximum Gasteiger partial charge on any atom is 0.211 e. The molecular weight excluding hydrogens is 254 g/mol. The van der Waals surface area contributed by atoms with E-state index in [9.17, 15) is 8.78 Å². The molecule has 0 aromatic heterocycles. The van der Waals surface area contributed by atoms with Gasteiger partial charge in [-0.1, -0.05) is 13.3 Å². The zero-order chi connectivity index (χ0) is 14.3. The average Bonchev–Trinajstić information content (AvgIpc) is 2.36. The second kappa shape index (κ2) is 7.30. The molecule has 0 aliphatic heterocycles. The molecule has 0 bridgehead atoms. The summed E-state index contributed by atoms with van der Waals surface area (Å²) in [7, 11) is 0. The van der Waals surface area contributed by atoms with Gasteiger partial charge < -0.3 is 16.2 Å². The third-order valence-electron chi connectivity index (χ3n) is 2.21. The molecule has 104 valence electrons. The SMILES string of the molecule is CCCCOc1ccc(F)c(C=NN=C(N)N)c1F. The summed E-state index contributed by atoms with van der Waals surface area (Å²) in [6.07, 6.45) is 2.60. The van der Waals surface area contributed by atoms with E-state index in [1.54, 1.807) is 0 Å². The lowest BCUT2D eigenvalue weighted by Gasteiger charge is -2.08. The van der Waals surface area contributed by atoms with Crippen molar-refractivity contribution in [3.63, 3.8) is 0 Å². The van der Waals surface area contributed by atoms with Gasteiger partial charge in [0.2, 0.25) is 5.96 Å². The van der Waals surface area contributed by atoms with Gasteiger partial charge in [0.1, 0.15) is 5.82 Å². The van der Waals surface area contributed by atoms with Crippen molar-refractivity contribution in [1.29, 1.82) is 0 Å². The number of rotatable bonds is 6. The summed E-state index contributed by atoms with van der Waals surface area (Å²) in [5.74, 6) is -1.92. The van der Waals surface area contributed by atoms with Crippen LogP contribution >= 0.6 is 0 Å². The maximum absolute atomic E-state index is 13.9.